The topological polar surface area (TPSA) is 67.4 Å². The van der Waals surface area contributed by atoms with E-state index in [1.807, 2.05) is 25.1 Å². The maximum atomic E-state index is 11.9. The summed E-state index contributed by atoms with van der Waals surface area (Å²) in [6, 6.07) is 14.4. The van der Waals surface area contributed by atoms with Gasteiger partial charge in [0.25, 0.3) is 5.91 Å². The van der Waals surface area contributed by atoms with Crippen molar-refractivity contribution in [2.24, 2.45) is 0 Å². The molecule has 0 saturated heterocycles. The second kappa shape index (κ2) is 7.26. The van der Waals surface area contributed by atoms with E-state index in [4.69, 9.17) is 4.74 Å². The predicted octanol–water partition coefficient (Wildman–Crippen LogP) is 2.97. The van der Waals surface area contributed by atoms with E-state index in [1.165, 1.54) is 6.92 Å². The summed E-state index contributed by atoms with van der Waals surface area (Å²) in [5.41, 5.74) is 2.30. The van der Waals surface area contributed by atoms with E-state index >= 15 is 0 Å². The summed E-state index contributed by atoms with van der Waals surface area (Å²) in [4.78, 5) is 22.9. The van der Waals surface area contributed by atoms with Crippen LogP contribution in [0.25, 0.3) is 0 Å². The minimum Gasteiger partial charge on any atom is -0.484 e. The van der Waals surface area contributed by atoms with Gasteiger partial charge in [-0.15, -0.1) is 0 Å². The molecular formula is C17H18N2O3. The van der Waals surface area contributed by atoms with E-state index in [0.717, 1.165) is 5.56 Å². The van der Waals surface area contributed by atoms with Crippen LogP contribution >= 0.6 is 0 Å². The highest BCUT2D eigenvalue weighted by Gasteiger charge is 2.05. The molecule has 114 valence electrons. The molecule has 0 bridgehead atoms. The normalized spacial score (nSPS) is 9.91. The number of carbonyl (C=O) groups excluding carboxylic acids is 2. The molecule has 0 saturated carbocycles. The molecule has 0 atom stereocenters. The maximum Gasteiger partial charge on any atom is 0.262 e. The molecule has 2 rings (SSSR count). The molecule has 0 aliphatic rings. The Balaban J connectivity index is 1.90. The van der Waals surface area contributed by atoms with Gasteiger partial charge in [0, 0.05) is 18.3 Å². The highest BCUT2D eigenvalue weighted by atomic mass is 16.5. The predicted molar refractivity (Wildman–Crippen MR) is 86.0 cm³/mol. The number of hydrogen-bond acceptors (Lipinski definition) is 3. The molecule has 0 radical (unpaired) electrons. The largest absolute Gasteiger partial charge is 0.484 e. The lowest BCUT2D eigenvalue weighted by molar-refractivity contribution is -0.118. The van der Waals surface area contributed by atoms with Crippen molar-refractivity contribution in [2.45, 2.75) is 13.8 Å². The van der Waals surface area contributed by atoms with Crippen molar-refractivity contribution in [3.63, 3.8) is 0 Å². The van der Waals surface area contributed by atoms with Gasteiger partial charge in [-0.25, -0.2) is 0 Å². The lowest BCUT2D eigenvalue weighted by Gasteiger charge is -2.09. The van der Waals surface area contributed by atoms with E-state index in [1.54, 1.807) is 30.3 Å². The number of nitrogens with one attached hydrogen (secondary N) is 2. The van der Waals surface area contributed by atoms with Crippen molar-refractivity contribution in [1.29, 1.82) is 0 Å². The number of hydrogen-bond donors (Lipinski definition) is 2. The minimum absolute atomic E-state index is 0.0756. The number of aryl methyl sites for hydroxylation is 1. The number of amides is 2. The van der Waals surface area contributed by atoms with Gasteiger partial charge >= 0.3 is 0 Å². The summed E-state index contributed by atoms with van der Waals surface area (Å²) in [6.45, 7) is 3.31. The van der Waals surface area contributed by atoms with Crippen molar-refractivity contribution in [1.82, 2.24) is 0 Å². The molecule has 0 aliphatic carbocycles. The summed E-state index contributed by atoms with van der Waals surface area (Å²) in [5.74, 6) is 0.231. The van der Waals surface area contributed by atoms with Gasteiger partial charge in [-0.1, -0.05) is 18.2 Å². The summed E-state index contributed by atoms with van der Waals surface area (Å²) in [7, 11) is 0. The molecule has 0 aromatic heterocycles. The number of carbonyl (C=O) groups is 2. The van der Waals surface area contributed by atoms with Gasteiger partial charge in [-0.2, -0.15) is 0 Å². The third-order valence-electron chi connectivity index (χ3n) is 2.83. The molecule has 5 heteroatoms. The molecule has 2 N–H and O–H groups in total. The molecule has 2 aromatic rings. The quantitative estimate of drug-likeness (QED) is 0.891. The van der Waals surface area contributed by atoms with Crippen molar-refractivity contribution in [3.8, 4) is 5.75 Å². The van der Waals surface area contributed by atoms with Crippen molar-refractivity contribution in [3.05, 3.63) is 54.1 Å². The van der Waals surface area contributed by atoms with Gasteiger partial charge in [0.2, 0.25) is 5.91 Å². The highest BCUT2D eigenvalue weighted by molar-refractivity contribution is 5.94. The first-order valence-electron chi connectivity index (χ1n) is 6.90. The van der Waals surface area contributed by atoms with Gasteiger partial charge in [0.1, 0.15) is 5.75 Å². The van der Waals surface area contributed by atoms with Crippen LogP contribution in [0.15, 0.2) is 48.5 Å². The molecular weight excluding hydrogens is 280 g/mol. The van der Waals surface area contributed by atoms with Gasteiger partial charge in [0.05, 0.1) is 0 Å². The Hall–Kier alpha value is -2.82. The van der Waals surface area contributed by atoms with Gasteiger partial charge in [-0.3, -0.25) is 9.59 Å². The number of rotatable bonds is 5. The molecule has 22 heavy (non-hydrogen) atoms. The van der Waals surface area contributed by atoms with Crippen LogP contribution in [-0.2, 0) is 9.59 Å². The van der Waals surface area contributed by atoms with E-state index in [0.29, 0.717) is 17.1 Å². The molecule has 5 nitrogen and oxygen atoms in total. The Morgan fingerprint density at radius 2 is 1.68 bits per heavy atom. The second-order valence-electron chi connectivity index (χ2n) is 4.92. The minimum atomic E-state index is -0.263. The Morgan fingerprint density at radius 3 is 2.36 bits per heavy atom. The second-order valence-corrected chi connectivity index (χ2v) is 4.92. The summed E-state index contributed by atoms with van der Waals surface area (Å²) >= 11 is 0. The SMILES string of the molecule is CC(=O)Nc1cccc(NC(=O)COc2cccc(C)c2)c1. The van der Waals surface area contributed by atoms with Crippen molar-refractivity contribution < 1.29 is 14.3 Å². The summed E-state index contributed by atoms with van der Waals surface area (Å²) in [5, 5.41) is 5.39. The van der Waals surface area contributed by atoms with Crippen LogP contribution in [-0.4, -0.2) is 18.4 Å². The lowest BCUT2D eigenvalue weighted by atomic mass is 10.2. The molecule has 0 fully saturated rings. The molecule has 2 aromatic carbocycles. The first kappa shape index (κ1) is 15.6. The first-order chi connectivity index (χ1) is 10.5. The van der Waals surface area contributed by atoms with Crippen LogP contribution in [0.4, 0.5) is 11.4 Å². The average Bonchev–Trinajstić information content (AvgIpc) is 2.45. The molecule has 0 unspecified atom stereocenters. The smallest absolute Gasteiger partial charge is 0.262 e. The number of anilines is 2. The zero-order valence-corrected chi connectivity index (χ0v) is 12.6. The number of benzene rings is 2. The molecule has 2 amide bonds. The fourth-order valence-electron chi connectivity index (χ4n) is 1.93. The monoisotopic (exact) mass is 298 g/mol. The van der Waals surface area contributed by atoms with Crippen molar-refractivity contribution in [2.75, 3.05) is 17.2 Å². The molecule has 0 spiro atoms. The Bertz CT molecular complexity index is 683. The summed E-state index contributed by atoms with van der Waals surface area (Å²) in [6.07, 6.45) is 0. The van der Waals surface area contributed by atoms with Gasteiger partial charge in [-0.05, 0) is 42.8 Å². The van der Waals surface area contributed by atoms with Crippen LogP contribution < -0.4 is 15.4 Å². The third-order valence-corrected chi connectivity index (χ3v) is 2.83. The lowest BCUT2D eigenvalue weighted by Crippen LogP contribution is -2.20. The van der Waals surface area contributed by atoms with Crippen molar-refractivity contribution >= 4 is 23.2 Å². The van der Waals surface area contributed by atoms with E-state index < -0.39 is 0 Å². The summed E-state index contributed by atoms with van der Waals surface area (Å²) < 4.78 is 5.43. The first-order valence-corrected chi connectivity index (χ1v) is 6.90. The van der Waals surface area contributed by atoms with Crippen LogP contribution in [0.2, 0.25) is 0 Å². The van der Waals surface area contributed by atoms with Crippen LogP contribution in [0.5, 0.6) is 5.75 Å². The van der Waals surface area contributed by atoms with Gasteiger partial charge in [0.15, 0.2) is 6.61 Å². The maximum absolute atomic E-state index is 11.9. The third kappa shape index (κ3) is 4.94. The fraction of sp³-hybridized carbons (Fsp3) is 0.176. The standard InChI is InChI=1S/C17H18N2O3/c1-12-5-3-8-16(9-12)22-11-17(21)19-15-7-4-6-14(10-15)18-13(2)20/h3-10H,11H2,1-2H3,(H,18,20)(H,19,21). The van der Waals surface area contributed by atoms with E-state index in [-0.39, 0.29) is 18.4 Å². The zero-order chi connectivity index (χ0) is 15.9. The molecule has 0 heterocycles. The fourth-order valence-corrected chi connectivity index (χ4v) is 1.93. The zero-order valence-electron chi connectivity index (χ0n) is 12.6. The Labute approximate surface area is 129 Å². The van der Waals surface area contributed by atoms with Crippen LogP contribution in [0.3, 0.4) is 0 Å². The van der Waals surface area contributed by atoms with Crippen LogP contribution in [0.1, 0.15) is 12.5 Å². The average molecular weight is 298 g/mol. The van der Waals surface area contributed by atoms with Gasteiger partial charge < -0.3 is 15.4 Å². The van der Waals surface area contributed by atoms with Crippen LogP contribution in [0, 0.1) is 6.92 Å². The molecule has 0 aliphatic heterocycles. The number of ether oxygens (including phenoxy) is 1. The van der Waals surface area contributed by atoms with E-state index in [2.05, 4.69) is 10.6 Å². The Kier molecular flexibility index (Phi) is 5.14. The Morgan fingerprint density at radius 1 is 1.00 bits per heavy atom. The highest BCUT2D eigenvalue weighted by Crippen LogP contribution is 2.15. The van der Waals surface area contributed by atoms with E-state index in [9.17, 15) is 9.59 Å².